The molecule has 10 nitrogen and oxygen atoms in total. The first-order valence-corrected chi connectivity index (χ1v) is 12.0. The molecule has 1 amide bonds. The molecular weight excluding hydrogens is 479 g/mol. The summed E-state index contributed by atoms with van der Waals surface area (Å²) in [6.45, 7) is 9.00. The highest BCUT2D eigenvalue weighted by Gasteiger charge is 2.47. The van der Waals surface area contributed by atoms with Gasteiger partial charge in [-0.1, -0.05) is 5.92 Å². The van der Waals surface area contributed by atoms with Crippen molar-refractivity contribution in [2.75, 3.05) is 11.9 Å². The van der Waals surface area contributed by atoms with Gasteiger partial charge in [0.2, 0.25) is 0 Å². The Bertz CT molecular complexity index is 1400. The van der Waals surface area contributed by atoms with Gasteiger partial charge < -0.3 is 20.1 Å². The van der Waals surface area contributed by atoms with Crippen molar-refractivity contribution in [3.05, 3.63) is 53.4 Å². The van der Waals surface area contributed by atoms with Crippen molar-refractivity contribution in [2.24, 2.45) is 0 Å². The molecule has 3 aromatic heterocycles. The maximum Gasteiger partial charge on any atom is 0.408 e. The average Bonchev–Trinajstić information content (AvgIpc) is 3.46. The van der Waals surface area contributed by atoms with Gasteiger partial charge in [0.25, 0.3) is 0 Å². The lowest BCUT2D eigenvalue weighted by Crippen LogP contribution is -2.37. The van der Waals surface area contributed by atoms with E-state index in [1.165, 1.54) is 16.8 Å². The Kier molecular flexibility index (Phi) is 7.03. The lowest BCUT2D eigenvalue weighted by molar-refractivity contribution is 0.0512. The molecule has 0 aliphatic heterocycles. The molecule has 1 atom stereocenters. The van der Waals surface area contributed by atoms with Crippen LogP contribution in [0.5, 0.6) is 0 Å². The van der Waals surface area contributed by atoms with Crippen LogP contribution in [-0.4, -0.2) is 49.9 Å². The number of carbonyl (C=O) groups excluding carboxylic acids is 2. The summed E-state index contributed by atoms with van der Waals surface area (Å²) < 4.78 is 26.1. The van der Waals surface area contributed by atoms with Crippen LogP contribution >= 0.6 is 0 Å². The van der Waals surface area contributed by atoms with E-state index in [-0.39, 0.29) is 12.2 Å². The highest BCUT2D eigenvalue weighted by atomic mass is 19.1. The van der Waals surface area contributed by atoms with E-state index >= 15 is 0 Å². The minimum atomic E-state index is -0.629. The molecule has 3 aromatic rings. The van der Waals surface area contributed by atoms with Crippen LogP contribution < -0.4 is 10.6 Å². The van der Waals surface area contributed by atoms with Gasteiger partial charge in [-0.05, 0) is 65.5 Å². The first-order valence-electron chi connectivity index (χ1n) is 12.0. The number of carbonyl (C=O) groups is 2. The number of nitrogens with one attached hydrogen (secondary N) is 2. The van der Waals surface area contributed by atoms with Crippen molar-refractivity contribution in [3.63, 3.8) is 0 Å². The molecule has 11 heteroatoms. The zero-order chi connectivity index (χ0) is 26.8. The summed E-state index contributed by atoms with van der Waals surface area (Å²) in [6.07, 6.45) is 5.03. The summed E-state index contributed by atoms with van der Waals surface area (Å²) in [5, 5.41) is 10.2. The number of amides is 1. The number of nitrogens with zero attached hydrogens (tertiary/aromatic N) is 4. The van der Waals surface area contributed by atoms with Crippen LogP contribution in [-0.2, 0) is 15.0 Å². The molecule has 1 fully saturated rings. The summed E-state index contributed by atoms with van der Waals surface area (Å²) >= 11 is 0. The zero-order valence-corrected chi connectivity index (χ0v) is 21.4. The van der Waals surface area contributed by atoms with Crippen molar-refractivity contribution in [1.29, 1.82) is 0 Å². The summed E-state index contributed by atoms with van der Waals surface area (Å²) in [7, 11) is 0. The summed E-state index contributed by atoms with van der Waals surface area (Å²) in [5.41, 5.74) is 0.320. The molecule has 3 heterocycles. The van der Waals surface area contributed by atoms with E-state index < -0.39 is 35.1 Å². The number of rotatable bonds is 6. The Balaban J connectivity index is 1.58. The van der Waals surface area contributed by atoms with Gasteiger partial charge in [-0.2, -0.15) is 5.10 Å². The molecule has 0 saturated heterocycles. The van der Waals surface area contributed by atoms with Crippen molar-refractivity contribution >= 4 is 23.5 Å². The molecule has 0 bridgehead atoms. The molecular formula is C26H29FN6O4. The molecule has 0 aromatic carbocycles. The Morgan fingerprint density at radius 1 is 1.30 bits per heavy atom. The maximum atomic E-state index is 14.3. The SMILES string of the molecule is CCOC(=O)c1cnn2ccc(NC3(c4cc(F)cnc4C#C[C@@H](C)NC(=O)OC(C)(C)C)CC3)nc12. The van der Waals surface area contributed by atoms with Crippen LogP contribution in [0.4, 0.5) is 15.0 Å². The number of ether oxygens (including phenoxy) is 2. The van der Waals surface area contributed by atoms with Crippen LogP contribution in [0.2, 0.25) is 0 Å². The van der Waals surface area contributed by atoms with Crippen molar-refractivity contribution in [2.45, 2.75) is 64.6 Å². The first-order chi connectivity index (χ1) is 17.5. The Labute approximate surface area is 214 Å². The third-order valence-corrected chi connectivity index (χ3v) is 5.49. The maximum absolute atomic E-state index is 14.3. The molecule has 0 unspecified atom stereocenters. The molecule has 1 saturated carbocycles. The number of esters is 1. The molecule has 194 valence electrons. The highest BCUT2D eigenvalue weighted by Crippen LogP contribution is 2.49. The smallest absolute Gasteiger partial charge is 0.408 e. The number of alkyl carbamates (subject to hydrolysis) is 1. The van der Waals surface area contributed by atoms with Gasteiger partial charge in [0, 0.05) is 11.8 Å². The Hall–Kier alpha value is -4.20. The van der Waals surface area contributed by atoms with Crippen molar-refractivity contribution < 1.29 is 23.5 Å². The number of halogens is 1. The normalized spacial score (nSPS) is 14.8. The fourth-order valence-corrected chi connectivity index (χ4v) is 3.72. The second kappa shape index (κ2) is 10.0. The van der Waals surface area contributed by atoms with Crippen LogP contribution in [0, 0.1) is 17.7 Å². The quantitative estimate of drug-likeness (QED) is 0.381. The van der Waals surface area contributed by atoms with Crippen LogP contribution in [0.1, 0.15) is 69.1 Å². The molecule has 1 aliphatic carbocycles. The van der Waals surface area contributed by atoms with Gasteiger partial charge in [-0.15, -0.1) is 0 Å². The van der Waals surface area contributed by atoms with E-state index in [0.717, 1.165) is 6.20 Å². The van der Waals surface area contributed by atoms with E-state index in [2.05, 4.69) is 37.5 Å². The van der Waals surface area contributed by atoms with E-state index in [0.29, 0.717) is 35.6 Å². The van der Waals surface area contributed by atoms with Gasteiger partial charge in [-0.25, -0.2) is 28.5 Å². The lowest BCUT2D eigenvalue weighted by Gasteiger charge is -2.21. The molecule has 37 heavy (non-hydrogen) atoms. The summed E-state index contributed by atoms with van der Waals surface area (Å²) in [4.78, 5) is 33.0. The molecule has 0 radical (unpaired) electrons. The molecule has 1 aliphatic rings. The number of fused-ring (bicyclic) bond motifs is 1. The summed E-state index contributed by atoms with van der Waals surface area (Å²) in [6, 6.07) is 2.61. The van der Waals surface area contributed by atoms with Crippen molar-refractivity contribution in [3.8, 4) is 11.8 Å². The fraction of sp³-hybridized carbons (Fsp3) is 0.423. The first kappa shape index (κ1) is 25.9. The van der Waals surface area contributed by atoms with E-state index in [9.17, 15) is 14.0 Å². The minimum Gasteiger partial charge on any atom is -0.462 e. The third-order valence-electron chi connectivity index (χ3n) is 5.49. The van der Waals surface area contributed by atoms with Gasteiger partial charge in [0.1, 0.15) is 28.5 Å². The topological polar surface area (TPSA) is 120 Å². The number of pyridine rings is 1. The third kappa shape index (κ3) is 6.14. The van der Waals surface area contributed by atoms with Crippen molar-refractivity contribution in [1.82, 2.24) is 24.9 Å². The van der Waals surface area contributed by atoms with Crippen LogP contribution in [0.25, 0.3) is 5.65 Å². The van der Waals surface area contributed by atoms with E-state index in [1.807, 2.05) is 0 Å². The monoisotopic (exact) mass is 508 g/mol. The van der Waals surface area contributed by atoms with E-state index in [1.54, 1.807) is 46.9 Å². The van der Waals surface area contributed by atoms with Gasteiger partial charge in [0.05, 0.1) is 30.6 Å². The number of hydrogen-bond donors (Lipinski definition) is 2. The number of hydrogen-bond acceptors (Lipinski definition) is 8. The largest absolute Gasteiger partial charge is 0.462 e. The predicted molar refractivity (Wildman–Crippen MR) is 133 cm³/mol. The summed E-state index contributed by atoms with van der Waals surface area (Å²) in [5.74, 6) is 5.40. The van der Waals surface area contributed by atoms with E-state index in [4.69, 9.17) is 9.47 Å². The molecule has 4 rings (SSSR count). The zero-order valence-electron chi connectivity index (χ0n) is 21.4. The highest BCUT2D eigenvalue weighted by molar-refractivity contribution is 5.95. The standard InChI is InChI=1S/C26H29FN6O4/c1-6-36-23(34)18-15-29-33-12-9-21(31-22(18)33)32-26(10-11-26)19-13-17(27)14-28-20(19)8-7-16(2)30-24(35)37-25(3,4)5/h9,12-16H,6,10-11H2,1-5H3,(H,30,35)(H,31,32)/t16-/m1/s1. The number of anilines is 1. The Morgan fingerprint density at radius 2 is 2.05 bits per heavy atom. The van der Waals surface area contributed by atoms with Gasteiger partial charge >= 0.3 is 12.1 Å². The number of aromatic nitrogens is 4. The molecule has 0 spiro atoms. The second-order valence-corrected chi connectivity index (χ2v) is 9.75. The predicted octanol–water partition coefficient (Wildman–Crippen LogP) is 3.81. The second-order valence-electron chi connectivity index (χ2n) is 9.75. The van der Waals surface area contributed by atoms with Crippen LogP contribution in [0.3, 0.4) is 0 Å². The average molecular weight is 509 g/mol. The van der Waals surface area contributed by atoms with Gasteiger partial charge in [-0.3, -0.25) is 0 Å². The van der Waals surface area contributed by atoms with Gasteiger partial charge in [0.15, 0.2) is 5.65 Å². The molecule has 2 N–H and O–H groups in total. The Morgan fingerprint density at radius 3 is 2.73 bits per heavy atom. The lowest BCUT2D eigenvalue weighted by atomic mass is 10.0. The minimum absolute atomic E-state index is 0.236. The van der Waals surface area contributed by atoms with Crippen LogP contribution in [0.15, 0.2) is 30.7 Å². The fourth-order valence-electron chi connectivity index (χ4n) is 3.72.